The smallest absolute Gasteiger partial charge is 0.335 e. The number of carboxylic acid groups (broad SMARTS) is 1. The molecule has 3 N–H and O–H groups in total. The van der Waals surface area contributed by atoms with Crippen molar-refractivity contribution < 1.29 is 14.6 Å². The van der Waals surface area contributed by atoms with Crippen molar-refractivity contribution in [3.8, 4) is 5.75 Å². The van der Waals surface area contributed by atoms with E-state index in [4.69, 9.17) is 15.6 Å². The molecule has 4 heteroatoms. The minimum atomic E-state index is -0.945. The predicted molar refractivity (Wildman–Crippen MR) is 54.9 cm³/mol. The van der Waals surface area contributed by atoms with Crippen molar-refractivity contribution in [2.75, 3.05) is 0 Å². The SMILES string of the molecule is NCc1ccc(C(=O)O)cc1OC1CC1. The normalized spacial score (nSPS) is 15.0. The summed E-state index contributed by atoms with van der Waals surface area (Å²) in [6.45, 7) is 0.363. The average molecular weight is 207 g/mol. The summed E-state index contributed by atoms with van der Waals surface area (Å²) >= 11 is 0. The maximum atomic E-state index is 10.8. The minimum absolute atomic E-state index is 0.239. The van der Waals surface area contributed by atoms with Gasteiger partial charge >= 0.3 is 5.97 Å². The lowest BCUT2D eigenvalue weighted by molar-refractivity contribution is 0.0696. The first-order valence-electron chi connectivity index (χ1n) is 4.93. The molecule has 1 aliphatic carbocycles. The first kappa shape index (κ1) is 9.98. The average Bonchev–Trinajstić information content (AvgIpc) is 3.01. The van der Waals surface area contributed by atoms with E-state index in [1.54, 1.807) is 18.2 Å². The van der Waals surface area contributed by atoms with Gasteiger partial charge in [-0.25, -0.2) is 4.79 Å². The molecule has 1 aliphatic rings. The third-order valence-corrected chi connectivity index (χ3v) is 2.35. The molecular formula is C11H13NO3. The Morgan fingerprint density at radius 3 is 2.80 bits per heavy atom. The van der Waals surface area contributed by atoms with Crippen LogP contribution in [0.1, 0.15) is 28.8 Å². The lowest BCUT2D eigenvalue weighted by Gasteiger charge is -2.10. The number of carboxylic acids is 1. The van der Waals surface area contributed by atoms with Crippen molar-refractivity contribution >= 4 is 5.97 Å². The summed E-state index contributed by atoms with van der Waals surface area (Å²) in [6, 6.07) is 4.80. The molecule has 0 bridgehead atoms. The van der Waals surface area contributed by atoms with E-state index in [9.17, 15) is 4.79 Å². The van der Waals surface area contributed by atoms with Crippen LogP contribution in [0, 0.1) is 0 Å². The van der Waals surface area contributed by atoms with Crippen molar-refractivity contribution in [2.24, 2.45) is 5.73 Å². The molecule has 4 nitrogen and oxygen atoms in total. The molecule has 1 fully saturated rings. The molecule has 0 saturated heterocycles. The van der Waals surface area contributed by atoms with Gasteiger partial charge in [0.2, 0.25) is 0 Å². The highest BCUT2D eigenvalue weighted by molar-refractivity contribution is 5.88. The number of carbonyl (C=O) groups is 1. The summed E-state index contributed by atoms with van der Waals surface area (Å²) in [5.74, 6) is -0.334. The number of nitrogens with two attached hydrogens (primary N) is 1. The molecule has 80 valence electrons. The summed E-state index contributed by atoms with van der Waals surface area (Å²) in [7, 11) is 0. The van der Waals surface area contributed by atoms with Crippen molar-refractivity contribution in [3.63, 3.8) is 0 Å². The van der Waals surface area contributed by atoms with Gasteiger partial charge < -0.3 is 15.6 Å². The van der Waals surface area contributed by atoms with Gasteiger partial charge in [-0.1, -0.05) is 6.07 Å². The fourth-order valence-electron chi connectivity index (χ4n) is 1.33. The zero-order valence-electron chi connectivity index (χ0n) is 8.27. The van der Waals surface area contributed by atoms with E-state index in [1.807, 2.05) is 0 Å². The van der Waals surface area contributed by atoms with Gasteiger partial charge in [-0.2, -0.15) is 0 Å². The summed E-state index contributed by atoms with van der Waals surface area (Å²) in [5, 5.41) is 8.84. The van der Waals surface area contributed by atoms with Gasteiger partial charge in [0.05, 0.1) is 11.7 Å². The van der Waals surface area contributed by atoms with Gasteiger partial charge in [0.25, 0.3) is 0 Å². The third kappa shape index (κ3) is 2.27. The van der Waals surface area contributed by atoms with Gasteiger partial charge in [0, 0.05) is 12.1 Å². The summed E-state index contributed by atoms with van der Waals surface area (Å²) in [4.78, 5) is 10.8. The fraction of sp³-hybridized carbons (Fsp3) is 0.364. The summed E-state index contributed by atoms with van der Waals surface area (Å²) in [6.07, 6.45) is 2.34. The number of hydrogen-bond donors (Lipinski definition) is 2. The maximum absolute atomic E-state index is 10.8. The molecule has 0 heterocycles. The van der Waals surface area contributed by atoms with Crippen LogP contribution in [0.4, 0.5) is 0 Å². The van der Waals surface area contributed by atoms with Crippen LogP contribution in [0.25, 0.3) is 0 Å². The van der Waals surface area contributed by atoms with Crippen LogP contribution in [-0.4, -0.2) is 17.2 Å². The lowest BCUT2D eigenvalue weighted by atomic mass is 10.1. The molecule has 0 atom stereocenters. The van der Waals surface area contributed by atoms with Crippen molar-refractivity contribution in [1.29, 1.82) is 0 Å². The zero-order chi connectivity index (χ0) is 10.8. The molecule has 0 aromatic heterocycles. The van der Waals surface area contributed by atoms with Crippen LogP contribution in [0.3, 0.4) is 0 Å². The van der Waals surface area contributed by atoms with Gasteiger partial charge in [0.1, 0.15) is 5.75 Å². The molecule has 0 unspecified atom stereocenters. The topological polar surface area (TPSA) is 72.6 Å². The van der Waals surface area contributed by atoms with Crippen LogP contribution in [0.2, 0.25) is 0 Å². The Bertz CT molecular complexity index is 385. The highest BCUT2D eigenvalue weighted by Crippen LogP contribution is 2.29. The van der Waals surface area contributed by atoms with Crippen LogP contribution >= 0.6 is 0 Å². The second-order valence-electron chi connectivity index (χ2n) is 3.65. The lowest BCUT2D eigenvalue weighted by Crippen LogP contribution is -2.06. The Hall–Kier alpha value is -1.55. The maximum Gasteiger partial charge on any atom is 0.335 e. The highest BCUT2D eigenvalue weighted by Gasteiger charge is 2.24. The van der Waals surface area contributed by atoms with E-state index in [0.717, 1.165) is 18.4 Å². The number of ether oxygens (including phenoxy) is 1. The predicted octanol–water partition coefficient (Wildman–Crippen LogP) is 1.38. The van der Waals surface area contributed by atoms with Crippen molar-refractivity contribution in [2.45, 2.75) is 25.5 Å². The Morgan fingerprint density at radius 2 is 2.27 bits per heavy atom. The summed E-state index contributed by atoms with van der Waals surface area (Å²) in [5.41, 5.74) is 6.64. The number of hydrogen-bond acceptors (Lipinski definition) is 3. The molecule has 0 spiro atoms. The fourth-order valence-corrected chi connectivity index (χ4v) is 1.33. The van der Waals surface area contributed by atoms with Gasteiger partial charge in [-0.15, -0.1) is 0 Å². The number of rotatable bonds is 4. The molecule has 0 aliphatic heterocycles. The molecule has 1 aromatic carbocycles. The second kappa shape index (κ2) is 3.90. The molecule has 1 saturated carbocycles. The highest BCUT2D eigenvalue weighted by atomic mass is 16.5. The van der Waals surface area contributed by atoms with E-state index in [-0.39, 0.29) is 11.7 Å². The van der Waals surface area contributed by atoms with Crippen molar-refractivity contribution in [1.82, 2.24) is 0 Å². The van der Waals surface area contributed by atoms with Crippen LogP contribution in [0.15, 0.2) is 18.2 Å². The first-order chi connectivity index (χ1) is 7.20. The Morgan fingerprint density at radius 1 is 1.53 bits per heavy atom. The van der Waals surface area contributed by atoms with E-state index in [2.05, 4.69) is 0 Å². The van der Waals surface area contributed by atoms with Gasteiger partial charge in [-0.05, 0) is 25.0 Å². The molecule has 0 radical (unpaired) electrons. The monoisotopic (exact) mass is 207 g/mol. The number of aromatic carboxylic acids is 1. The molecule has 0 amide bonds. The van der Waals surface area contributed by atoms with Crippen LogP contribution < -0.4 is 10.5 Å². The van der Waals surface area contributed by atoms with Crippen molar-refractivity contribution in [3.05, 3.63) is 29.3 Å². The van der Waals surface area contributed by atoms with Crippen LogP contribution in [0.5, 0.6) is 5.75 Å². The van der Waals surface area contributed by atoms with E-state index in [0.29, 0.717) is 12.3 Å². The van der Waals surface area contributed by atoms with E-state index in [1.165, 1.54) is 0 Å². The summed E-state index contributed by atoms with van der Waals surface area (Å²) < 4.78 is 5.59. The number of benzene rings is 1. The Kier molecular flexibility index (Phi) is 2.60. The van der Waals surface area contributed by atoms with Gasteiger partial charge in [0.15, 0.2) is 0 Å². The molecule has 15 heavy (non-hydrogen) atoms. The zero-order valence-corrected chi connectivity index (χ0v) is 8.27. The Balaban J connectivity index is 2.28. The second-order valence-corrected chi connectivity index (χ2v) is 3.65. The van der Waals surface area contributed by atoms with Gasteiger partial charge in [-0.3, -0.25) is 0 Å². The molecule has 2 rings (SSSR count). The Labute approximate surface area is 87.7 Å². The molecular weight excluding hydrogens is 194 g/mol. The third-order valence-electron chi connectivity index (χ3n) is 2.35. The standard InChI is InChI=1S/C11H13NO3/c12-6-8-2-1-7(11(13)14)5-10(8)15-9-3-4-9/h1-2,5,9H,3-4,6,12H2,(H,13,14). The van der Waals surface area contributed by atoms with E-state index >= 15 is 0 Å². The molecule has 1 aromatic rings. The van der Waals surface area contributed by atoms with Crippen LogP contribution in [-0.2, 0) is 6.54 Å². The largest absolute Gasteiger partial charge is 0.490 e. The van der Waals surface area contributed by atoms with E-state index < -0.39 is 5.97 Å². The quantitative estimate of drug-likeness (QED) is 0.782. The minimum Gasteiger partial charge on any atom is -0.490 e. The first-order valence-corrected chi connectivity index (χ1v) is 4.93.